The van der Waals surface area contributed by atoms with Crippen molar-refractivity contribution in [3.05, 3.63) is 48.0 Å². The van der Waals surface area contributed by atoms with Crippen molar-refractivity contribution in [3.8, 4) is 0 Å². The van der Waals surface area contributed by atoms with E-state index in [4.69, 9.17) is 0 Å². The molecule has 1 amide bonds. The molecule has 0 bridgehead atoms. The molecule has 1 saturated heterocycles. The maximum absolute atomic E-state index is 11.9. The van der Waals surface area contributed by atoms with Gasteiger partial charge < -0.3 is 10.6 Å². The Hall–Kier alpha value is -1.87. The fourth-order valence-corrected chi connectivity index (χ4v) is 2.56. The molecule has 2 aromatic carbocycles. The first kappa shape index (κ1) is 12.2. The number of carbonyl (C=O) groups is 1. The monoisotopic (exact) mass is 254 g/mol. The number of benzene rings is 2. The molecule has 1 fully saturated rings. The zero-order chi connectivity index (χ0) is 13.1. The molecule has 3 heteroatoms. The smallest absolute Gasteiger partial charge is 0.224 e. The minimum Gasteiger partial charge on any atom is -0.352 e. The van der Waals surface area contributed by atoms with Crippen LogP contribution < -0.4 is 10.6 Å². The molecule has 1 aliphatic rings. The second kappa shape index (κ2) is 5.41. The van der Waals surface area contributed by atoms with Crippen LogP contribution >= 0.6 is 0 Å². The van der Waals surface area contributed by atoms with Crippen LogP contribution in [0.3, 0.4) is 0 Å². The van der Waals surface area contributed by atoms with Gasteiger partial charge in [0.1, 0.15) is 0 Å². The fraction of sp³-hybridized carbons (Fsp3) is 0.312. The number of carbonyl (C=O) groups excluding carboxylic acids is 1. The first-order chi connectivity index (χ1) is 9.33. The van der Waals surface area contributed by atoms with Gasteiger partial charge in [0.15, 0.2) is 0 Å². The number of nitrogens with one attached hydrogen (secondary N) is 2. The van der Waals surface area contributed by atoms with Crippen molar-refractivity contribution < 1.29 is 4.79 Å². The van der Waals surface area contributed by atoms with Gasteiger partial charge >= 0.3 is 0 Å². The maximum Gasteiger partial charge on any atom is 0.224 e. The Balaban J connectivity index is 1.66. The lowest BCUT2D eigenvalue weighted by Crippen LogP contribution is -2.31. The summed E-state index contributed by atoms with van der Waals surface area (Å²) in [6.45, 7) is 2.37. The third-order valence-corrected chi connectivity index (χ3v) is 3.71. The number of amides is 1. The number of hydrogen-bond donors (Lipinski definition) is 2. The number of hydrogen-bond acceptors (Lipinski definition) is 2. The molecule has 3 rings (SSSR count). The van der Waals surface area contributed by atoms with E-state index in [-0.39, 0.29) is 11.8 Å². The average Bonchev–Trinajstić information content (AvgIpc) is 2.99. The highest BCUT2D eigenvalue weighted by Crippen LogP contribution is 2.15. The van der Waals surface area contributed by atoms with E-state index in [9.17, 15) is 4.79 Å². The summed E-state index contributed by atoms with van der Waals surface area (Å²) in [6, 6.07) is 14.6. The summed E-state index contributed by atoms with van der Waals surface area (Å²) in [5.41, 5.74) is 1.15. The molecule has 1 unspecified atom stereocenters. The predicted molar refractivity (Wildman–Crippen MR) is 76.8 cm³/mol. The maximum atomic E-state index is 11.9. The van der Waals surface area contributed by atoms with Crippen LogP contribution in [0, 0.1) is 5.92 Å². The van der Waals surface area contributed by atoms with Crippen molar-refractivity contribution in [3.63, 3.8) is 0 Å². The molecular weight excluding hydrogens is 236 g/mol. The van der Waals surface area contributed by atoms with Crippen molar-refractivity contribution >= 4 is 16.7 Å². The third-order valence-electron chi connectivity index (χ3n) is 3.71. The van der Waals surface area contributed by atoms with Crippen LogP contribution in [0.5, 0.6) is 0 Å². The Labute approximate surface area is 113 Å². The fourth-order valence-electron chi connectivity index (χ4n) is 2.56. The second-order valence-electron chi connectivity index (χ2n) is 5.09. The lowest BCUT2D eigenvalue weighted by molar-refractivity contribution is -0.124. The highest BCUT2D eigenvalue weighted by atomic mass is 16.1. The molecule has 19 heavy (non-hydrogen) atoms. The highest BCUT2D eigenvalue weighted by Gasteiger charge is 2.21. The van der Waals surface area contributed by atoms with Gasteiger partial charge in [0.25, 0.3) is 0 Å². The van der Waals surface area contributed by atoms with E-state index in [1.165, 1.54) is 10.8 Å². The average molecular weight is 254 g/mol. The number of rotatable bonds is 3. The molecule has 1 heterocycles. The summed E-state index contributed by atoms with van der Waals surface area (Å²) >= 11 is 0. The van der Waals surface area contributed by atoms with E-state index < -0.39 is 0 Å². The molecule has 0 aromatic heterocycles. The largest absolute Gasteiger partial charge is 0.352 e. The summed E-state index contributed by atoms with van der Waals surface area (Å²) in [5, 5.41) is 8.69. The van der Waals surface area contributed by atoms with Gasteiger partial charge in [-0.1, -0.05) is 36.4 Å². The summed E-state index contributed by atoms with van der Waals surface area (Å²) < 4.78 is 0. The van der Waals surface area contributed by atoms with Gasteiger partial charge in [0.05, 0.1) is 5.92 Å². The first-order valence-corrected chi connectivity index (χ1v) is 6.79. The highest BCUT2D eigenvalue weighted by molar-refractivity contribution is 5.83. The Morgan fingerprint density at radius 3 is 2.84 bits per heavy atom. The van der Waals surface area contributed by atoms with E-state index in [0.717, 1.165) is 25.1 Å². The van der Waals surface area contributed by atoms with Gasteiger partial charge in [-0.2, -0.15) is 0 Å². The van der Waals surface area contributed by atoms with Crippen molar-refractivity contribution in [2.24, 2.45) is 5.92 Å². The molecule has 0 radical (unpaired) electrons. The van der Waals surface area contributed by atoms with E-state index in [2.05, 4.69) is 41.0 Å². The van der Waals surface area contributed by atoms with Gasteiger partial charge in [0.2, 0.25) is 5.91 Å². The number of fused-ring (bicyclic) bond motifs is 1. The Bertz CT molecular complexity index is 588. The zero-order valence-corrected chi connectivity index (χ0v) is 10.9. The Morgan fingerprint density at radius 1 is 1.21 bits per heavy atom. The lowest BCUT2D eigenvalue weighted by Gasteiger charge is -2.10. The molecule has 3 nitrogen and oxygen atoms in total. The molecule has 2 aromatic rings. The molecule has 1 atom stereocenters. The molecule has 98 valence electrons. The topological polar surface area (TPSA) is 41.1 Å². The van der Waals surface area contributed by atoms with Crippen LogP contribution in [-0.2, 0) is 11.3 Å². The van der Waals surface area contributed by atoms with Crippen LogP contribution in [0.1, 0.15) is 12.0 Å². The SMILES string of the molecule is O=C(NCc1ccc2ccccc2c1)C1CCNC1. The molecule has 2 N–H and O–H groups in total. The van der Waals surface area contributed by atoms with E-state index in [1.807, 2.05) is 12.1 Å². The van der Waals surface area contributed by atoms with Crippen LogP contribution in [0.2, 0.25) is 0 Å². The van der Waals surface area contributed by atoms with Crippen molar-refractivity contribution in [2.45, 2.75) is 13.0 Å². The predicted octanol–water partition coefficient (Wildman–Crippen LogP) is 2.07. The van der Waals surface area contributed by atoms with E-state index in [0.29, 0.717) is 6.54 Å². The molecular formula is C16H18N2O. The van der Waals surface area contributed by atoms with E-state index in [1.54, 1.807) is 0 Å². The Morgan fingerprint density at radius 2 is 2.05 bits per heavy atom. The van der Waals surface area contributed by atoms with Crippen molar-refractivity contribution in [1.82, 2.24) is 10.6 Å². The van der Waals surface area contributed by atoms with Crippen molar-refractivity contribution in [2.75, 3.05) is 13.1 Å². The summed E-state index contributed by atoms with van der Waals surface area (Å²) in [7, 11) is 0. The van der Waals surface area contributed by atoms with Gasteiger partial charge in [-0.05, 0) is 35.4 Å². The minimum absolute atomic E-state index is 0.139. The first-order valence-electron chi connectivity index (χ1n) is 6.79. The Kier molecular flexibility index (Phi) is 3.47. The van der Waals surface area contributed by atoms with Crippen molar-refractivity contribution in [1.29, 1.82) is 0 Å². The van der Waals surface area contributed by atoms with Crippen LogP contribution in [0.4, 0.5) is 0 Å². The van der Waals surface area contributed by atoms with Gasteiger partial charge in [0, 0.05) is 13.1 Å². The standard InChI is InChI=1S/C16H18N2O/c19-16(15-7-8-17-11-15)18-10-12-5-6-13-3-1-2-4-14(13)9-12/h1-6,9,15,17H,7-8,10-11H2,(H,18,19). The molecule has 1 aliphatic heterocycles. The third kappa shape index (κ3) is 2.76. The normalized spacial score (nSPS) is 18.6. The summed E-state index contributed by atoms with van der Waals surface area (Å²) in [4.78, 5) is 11.9. The van der Waals surface area contributed by atoms with Crippen LogP contribution in [0.25, 0.3) is 10.8 Å². The van der Waals surface area contributed by atoms with Gasteiger partial charge in [-0.15, -0.1) is 0 Å². The quantitative estimate of drug-likeness (QED) is 0.880. The second-order valence-corrected chi connectivity index (χ2v) is 5.09. The molecule has 0 spiro atoms. The minimum atomic E-state index is 0.139. The molecule has 0 saturated carbocycles. The van der Waals surface area contributed by atoms with E-state index >= 15 is 0 Å². The summed E-state index contributed by atoms with van der Waals surface area (Å²) in [5.74, 6) is 0.304. The van der Waals surface area contributed by atoms with Crippen LogP contribution in [0.15, 0.2) is 42.5 Å². The summed E-state index contributed by atoms with van der Waals surface area (Å²) in [6.07, 6.45) is 0.948. The lowest BCUT2D eigenvalue weighted by atomic mass is 10.1. The van der Waals surface area contributed by atoms with Gasteiger partial charge in [-0.25, -0.2) is 0 Å². The van der Waals surface area contributed by atoms with Gasteiger partial charge in [-0.3, -0.25) is 4.79 Å². The zero-order valence-electron chi connectivity index (χ0n) is 10.9. The molecule has 0 aliphatic carbocycles. The van der Waals surface area contributed by atoms with Crippen LogP contribution in [-0.4, -0.2) is 19.0 Å².